The highest BCUT2D eigenvalue weighted by Gasteiger charge is 2.38. The normalized spacial score (nSPS) is 15.7. The Morgan fingerprint density at radius 3 is 2.46 bits per heavy atom. The summed E-state index contributed by atoms with van der Waals surface area (Å²) in [6.45, 7) is 2.96. The number of aryl methyl sites for hydroxylation is 2. The van der Waals surface area contributed by atoms with E-state index >= 15 is 0 Å². The largest absolute Gasteiger partial charge is 0.350 e. The Kier molecular flexibility index (Phi) is 6.64. The SMILES string of the molecule is Cc1ccc(CCN2C(=O)CSc3c(c4ccccc4n3C)[C@@H]2C(=O)NCc2ccccc2)cc1. The summed E-state index contributed by atoms with van der Waals surface area (Å²) < 4.78 is 2.11. The second-order valence-electron chi connectivity index (χ2n) is 9.01. The zero-order valence-electron chi connectivity index (χ0n) is 20.0. The Morgan fingerprint density at radius 2 is 1.69 bits per heavy atom. The number of carbonyl (C=O) groups is 2. The zero-order chi connectivity index (χ0) is 24.4. The predicted octanol–water partition coefficient (Wildman–Crippen LogP) is 5.02. The van der Waals surface area contributed by atoms with Gasteiger partial charge < -0.3 is 14.8 Å². The van der Waals surface area contributed by atoms with Crippen LogP contribution in [0.15, 0.2) is 83.9 Å². The molecule has 5 rings (SSSR count). The molecule has 178 valence electrons. The van der Waals surface area contributed by atoms with Crippen molar-refractivity contribution in [2.75, 3.05) is 12.3 Å². The van der Waals surface area contributed by atoms with E-state index in [1.165, 1.54) is 17.3 Å². The van der Waals surface area contributed by atoms with Crippen molar-refractivity contribution < 1.29 is 9.59 Å². The lowest BCUT2D eigenvalue weighted by atomic mass is 10.0. The monoisotopic (exact) mass is 483 g/mol. The van der Waals surface area contributed by atoms with Crippen molar-refractivity contribution in [1.29, 1.82) is 0 Å². The van der Waals surface area contributed by atoms with Gasteiger partial charge in [-0.05, 0) is 30.5 Å². The van der Waals surface area contributed by atoms with Gasteiger partial charge in [0.15, 0.2) is 0 Å². The molecule has 0 spiro atoms. The molecule has 6 heteroatoms. The number of amides is 2. The number of hydrogen-bond acceptors (Lipinski definition) is 3. The minimum Gasteiger partial charge on any atom is -0.350 e. The molecule has 35 heavy (non-hydrogen) atoms. The van der Waals surface area contributed by atoms with Crippen molar-refractivity contribution in [2.24, 2.45) is 7.05 Å². The molecule has 5 nitrogen and oxygen atoms in total. The fourth-order valence-corrected chi connectivity index (χ4v) is 5.86. The fourth-order valence-electron chi connectivity index (χ4n) is 4.76. The van der Waals surface area contributed by atoms with E-state index in [4.69, 9.17) is 0 Å². The van der Waals surface area contributed by atoms with Crippen LogP contribution in [0.1, 0.15) is 28.3 Å². The van der Waals surface area contributed by atoms with Gasteiger partial charge in [-0.15, -0.1) is 0 Å². The number of para-hydroxylation sites is 1. The summed E-state index contributed by atoms with van der Waals surface area (Å²) in [7, 11) is 2.01. The summed E-state index contributed by atoms with van der Waals surface area (Å²) in [6, 6.07) is 25.7. The van der Waals surface area contributed by atoms with E-state index in [2.05, 4.69) is 53.2 Å². The van der Waals surface area contributed by atoms with E-state index in [-0.39, 0.29) is 11.8 Å². The summed E-state index contributed by atoms with van der Waals surface area (Å²) in [4.78, 5) is 29.0. The van der Waals surface area contributed by atoms with Crippen LogP contribution in [0.25, 0.3) is 10.9 Å². The molecule has 0 bridgehead atoms. The van der Waals surface area contributed by atoms with Crippen LogP contribution in [-0.2, 0) is 29.6 Å². The van der Waals surface area contributed by atoms with Gasteiger partial charge in [0.1, 0.15) is 6.04 Å². The van der Waals surface area contributed by atoms with Gasteiger partial charge in [0, 0.05) is 36.6 Å². The molecule has 3 aromatic carbocycles. The number of nitrogens with one attached hydrogen (secondary N) is 1. The second-order valence-corrected chi connectivity index (χ2v) is 9.98. The van der Waals surface area contributed by atoms with Gasteiger partial charge >= 0.3 is 0 Å². The third kappa shape index (κ3) is 4.71. The number of carbonyl (C=O) groups excluding carboxylic acids is 2. The summed E-state index contributed by atoms with van der Waals surface area (Å²) in [5.41, 5.74) is 5.38. The molecule has 0 saturated heterocycles. The highest BCUT2D eigenvalue weighted by atomic mass is 32.2. The first kappa shape index (κ1) is 23.2. The smallest absolute Gasteiger partial charge is 0.247 e. The first-order chi connectivity index (χ1) is 17.0. The van der Waals surface area contributed by atoms with Gasteiger partial charge in [-0.25, -0.2) is 0 Å². The number of rotatable bonds is 6. The van der Waals surface area contributed by atoms with Crippen molar-refractivity contribution in [3.05, 3.63) is 101 Å². The van der Waals surface area contributed by atoms with Crippen LogP contribution >= 0.6 is 11.8 Å². The maximum absolute atomic E-state index is 13.8. The standard InChI is InChI=1S/C29H29N3O2S/c1-20-12-14-21(15-13-20)16-17-32-25(33)19-35-29-26(23-10-6-7-11-24(23)31(29)2)27(32)28(34)30-18-22-8-4-3-5-9-22/h3-15,27H,16-19H2,1-2H3,(H,30,34)/t27-/m1/s1. The average molecular weight is 484 g/mol. The molecule has 1 N–H and O–H groups in total. The Bertz CT molecular complexity index is 1360. The van der Waals surface area contributed by atoms with E-state index in [9.17, 15) is 9.59 Å². The summed E-state index contributed by atoms with van der Waals surface area (Å²) in [6.07, 6.45) is 0.694. The van der Waals surface area contributed by atoms with E-state index in [0.717, 1.165) is 32.6 Å². The lowest BCUT2D eigenvalue weighted by molar-refractivity contribution is -0.138. The average Bonchev–Trinajstić information content (AvgIpc) is 3.06. The summed E-state index contributed by atoms with van der Waals surface area (Å²) >= 11 is 1.52. The number of fused-ring (bicyclic) bond motifs is 3. The van der Waals surface area contributed by atoms with Crippen LogP contribution < -0.4 is 5.32 Å². The van der Waals surface area contributed by atoms with Gasteiger partial charge in [0.25, 0.3) is 0 Å². The molecule has 0 unspecified atom stereocenters. The highest BCUT2D eigenvalue weighted by Crippen LogP contribution is 2.41. The molecule has 0 radical (unpaired) electrons. The Labute approximate surface area is 210 Å². The first-order valence-corrected chi connectivity index (χ1v) is 12.9. The first-order valence-electron chi connectivity index (χ1n) is 11.9. The Balaban J connectivity index is 1.53. The minimum absolute atomic E-state index is 0.0118. The third-order valence-electron chi connectivity index (χ3n) is 6.65. The van der Waals surface area contributed by atoms with E-state index in [0.29, 0.717) is 25.3 Å². The molecule has 2 heterocycles. The molecule has 0 fully saturated rings. The van der Waals surface area contributed by atoms with Crippen molar-refractivity contribution in [3.8, 4) is 0 Å². The van der Waals surface area contributed by atoms with Gasteiger partial charge in [0.05, 0.1) is 10.8 Å². The van der Waals surface area contributed by atoms with Crippen LogP contribution in [0.4, 0.5) is 0 Å². The van der Waals surface area contributed by atoms with E-state index in [1.807, 2.05) is 49.5 Å². The van der Waals surface area contributed by atoms with Gasteiger partial charge in [-0.1, -0.05) is 90.1 Å². The van der Waals surface area contributed by atoms with Crippen LogP contribution in [0, 0.1) is 6.92 Å². The maximum atomic E-state index is 13.8. The van der Waals surface area contributed by atoms with Gasteiger partial charge in [-0.2, -0.15) is 0 Å². The number of thioether (sulfide) groups is 1. The number of nitrogens with zero attached hydrogens (tertiary/aromatic N) is 2. The molecule has 1 aliphatic rings. The van der Waals surface area contributed by atoms with E-state index in [1.54, 1.807) is 4.90 Å². The fraction of sp³-hybridized carbons (Fsp3) is 0.241. The summed E-state index contributed by atoms with van der Waals surface area (Å²) in [5, 5.41) is 5.12. The topological polar surface area (TPSA) is 54.3 Å². The van der Waals surface area contributed by atoms with Gasteiger partial charge in [0.2, 0.25) is 11.8 Å². The molecular formula is C29H29N3O2S. The molecule has 0 saturated carbocycles. The number of hydrogen-bond donors (Lipinski definition) is 1. The van der Waals surface area contributed by atoms with Crippen LogP contribution in [-0.4, -0.2) is 33.6 Å². The lowest BCUT2D eigenvalue weighted by Crippen LogP contribution is -2.44. The maximum Gasteiger partial charge on any atom is 0.247 e. The van der Waals surface area contributed by atoms with E-state index < -0.39 is 6.04 Å². The molecule has 4 aromatic rings. The van der Waals surface area contributed by atoms with Crippen molar-refractivity contribution in [3.63, 3.8) is 0 Å². The Morgan fingerprint density at radius 1 is 0.971 bits per heavy atom. The van der Waals surface area contributed by atoms with Crippen LogP contribution in [0.2, 0.25) is 0 Å². The number of benzene rings is 3. The van der Waals surface area contributed by atoms with Crippen LogP contribution in [0.5, 0.6) is 0 Å². The predicted molar refractivity (Wildman–Crippen MR) is 141 cm³/mol. The Hall–Kier alpha value is -3.51. The molecule has 1 atom stereocenters. The van der Waals surface area contributed by atoms with Gasteiger partial charge in [-0.3, -0.25) is 9.59 Å². The summed E-state index contributed by atoms with van der Waals surface area (Å²) in [5.74, 6) is 0.154. The minimum atomic E-state index is -0.687. The molecule has 0 aliphatic carbocycles. The molecule has 2 amide bonds. The molecular weight excluding hydrogens is 454 g/mol. The van der Waals surface area contributed by atoms with Crippen molar-refractivity contribution >= 4 is 34.5 Å². The molecule has 1 aliphatic heterocycles. The van der Waals surface area contributed by atoms with Crippen molar-refractivity contribution in [1.82, 2.24) is 14.8 Å². The second kappa shape index (κ2) is 10.0. The molecule has 1 aromatic heterocycles. The number of aromatic nitrogens is 1. The zero-order valence-corrected chi connectivity index (χ0v) is 20.8. The van der Waals surface area contributed by atoms with Crippen molar-refractivity contribution in [2.45, 2.75) is 31.0 Å². The lowest BCUT2D eigenvalue weighted by Gasteiger charge is -2.30. The third-order valence-corrected chi connectivity index (χ3v) is 7.81. The highest BCUT2D eigenvalue weighted by molar-refractivity contribution is 8.00. The quantitative estimate of drug-likeness (QED) is 0.419. The van der Waals surface area contributed by atoms with Crippen LogP contribution in [0.3, 0.4) is 0 Å².